The zero-order valence-corrected chi connectivity index (χ0v) is 23.2. The van der Waals surface area contributed by atoms with E-state index in [9.17, 15) is 5.11 Å². The van der Waals surface area contributed by atoms with E-state index in [1.807, 2.05) is 44.2 Å². The zero-order valence-electron chi connectivity index (χ0n) is 23.2. The molecule has 0 aliphatic rings. The summed E-state index contributed by atoms with van der Waals surface area (Å²) in [7, 11) is 1.53. The first-order chi connectivity index (χ1) is 19.8. The van der Waals surface area contributed by atoms with E-state index >= 15 is 8.78 Å². The largest absolute Gasteiger partial charge is 0.493 e. The number of hydrogen-bond donors (Lipinski definition) is 2. The quantitative estimate of drug-likeness (QED) is 0.228. The van der Waals surface area contributed by atoms with Crippen LogP contribution in [0.4, 0.5) is 20.3 Å². The Kier molecular flexibility index (Phi) is 8.06. The number of aliphatic hydroxyl groups is 1. The number of anilines is 2. The van der Waals surface area contributed by atoms with E-state index < -0.39 is 11.6 Å². The summed E-state index contributed by atoms with van der Waals surface area (Å²) >= 11 is 0. The average Bonchev–Trinajstić information content (AvgIpc) is 3.34. The van der Waals surface area contributed by atoms with Crippen LogP contribution in [0.15, 0.2) is 54.9 Å². The molecule has 0 aliphatic carbocycles. The van der Waals surface area contributed by atoms with Gasteiger partial charge in [-0.25, -0.2) is 18.7 Å². The fourth-order valence-corrected chi connectivity index (χ4v) is 4.28. The number of para-hydroxylation sites is 1. The number of ether oxygens (including phenoxy) is 2. The van der Waals surface area contributed by atoms with Crippen molar-refractivity contribution in [2.75, 3.05) is 25.6 Å². The molecule has 0 spiro atoms. The molecule has 0 radical (unpaired) electrons. The Morgan fingerprint density at radius 1 is 1.05 bits per heavy atom. The molecular formula is C30H30F2N6O3. The Morgan fingerprint density at radius 2 is 1.80 bits per heavy atom. The molecule has 2 aromatic carbocycles. The van der Waals surface area contributed by atoms with Crippen molar-refractivity contribution in [2.45, 2.75) is 27.3 Å². The fourth-order valence-electron chi connectivity index (χ4n) is 4.28. The van der Waals surface area contributed by atoms with E-state index in [0.717, 1.165) is 34.5 Å². The number of pyridine rings is 1. The second-order valence-electron chi connectivity index (χ2n) is 9.86. The summed E-state index contributed by atoms with van der Waals surface area (Å²) in [5, 5.41) is 17.9. The van der Waals surface area contributed by atoms with Crippen molar-refractivity contribution in [2.24, 2.45) is 5.92 Å². The lowest BCUT2D eigenvalue weighted by atomic mass is 10.1. The molecule has 0 aliphatic heterocycles. The van der Waals surface area contributed by atoms with E-state index in [4.69, 9.17) is 14.5 Å². The standard InChI is InChI=1S/C30H30F2N6O3/c1-17(15-39)16-41-20-10-23(31)22(24(32)11-20)14-38-26-8-6-5-7-21(26)28(37-38)30-34-13-27(40-4)29(36-30)35-25-9-19(3)33-12-18(25)2/h5-13,17,39H,14-16H2,1-4H3,(H,33,34,35,36)/t17-/m1/s1. The maximum Gasteiger partial charge on any atom is 0.183 e. The van der Waals surface area contributed by atoms with Crippen LogP contribution < -0.4 is 14.8 Å². The number of halogens is 2. The van der Waals surface area contributed by atoms with Gasteiger partial charge < -0.3 is 19.9 Å². The SMILES string of the molecule is COc1cnc(-c2nn(Cc3c(F)cc(OC[C@H](C)CO)cc3F)c3ccccc23)nc1Nc1cc(C)ncc1C. The van der Waals surface area contributed by atoms with Crippen LogP contribution in [-0.2, 0) is 6.54 Å². The van der Waals surface area contributed by atoms with Crippen LogP contribution in [0.3, 0.4) is 0 Å². The predicted molar refractivity (Wildman–Crippen MR) is 152 cm³/mol. The Labute approximate surface area is 235 Å². The molecule has 11 heteroatoms. The highest BCUT2D eigenvalue weighted by atomic mass is 19.1. The topological polar surface area (TPSA) is 107 Å². The highest BCUT2D eigenvalue weighted by Gasteiger charge is 2.20. The van der Waals surface area contributed by atoms with E-state index in [0.29, 0.717) is 28.6 Å². The molecule has 9 nitrogen and oxygen atoms in total. The van der Waals surface area contributed by atoms with Crippen LogP contribution in [0.25, 0.3) is 22.4 Å². The number of fused-ring (bicyclic) bond motifs is 1. The number of aryl methyl sites for hydroxylation is 2. The lowest BCUT2D eigenvalue weighted by Gasteiger charge is -2.13. The molecule has 2 N–H and O–H groups in total. The summed E-state index contributed by atoms with van der Waals surface area (Å²) in [6, 6.07) is 11.5. The van der Waals surface area contributed by atoms with Gasteiger partial charge in [0.15, 0.2) is 17.4 Å². The number of nitrogens with zero attached hydrogens (tertiary/aromatic N) is 5. The van der Waals surface area contributed by atoms with Crippen molar-refractivity contribution in [3.63, 3.8) is 0 Å². The van der Waals surface area contributed by atoms with Gasteiger partial charge in [0.2, 0.25) is 0 Å². The summed E-state index contributed by atoms with van der Waals surface area (Å²) in [6.45, 7) is 5.49. The van der Waals surface area contributed by atoms with Crippen LogP contribution in [0.5, 0.6) is 11.5 Å². The summed E-state index contributed by atoms with van der Waals surface area (Å²) in [6.07, 6.45) is 3.32. The number of hydrogen-bond acceptors (Lipinski definition) is 8. The number of methoxy groups -OCH3 is 1. The van der Waals surface area contributed by atoms with Crippen molar-refractivity contribution in [3.05, 3.63) is 83.3 Å². The first-order valence-electron chi connectivity index (χ1n) is 13.1. The molecule has 5 aromatic rings. The van der Waals surface area contributed by atoms with Gasteiger partial charge in [-0.1, -0.05) is 25.1 Å². The lowest BCUT2D eigenvalue weighted by Crippen LogP contribution is -2.13. The monoisotopic (exact) mass is 560 g/mol. The first-order valence-corrected chi connectivity index (χ1v) is 13.1. The molecule has 0 fully saturated rings. The summed E-state index contributed by atoms with van der Waals surface area (Å²) < 4.78 is 42.6. The van der Waals surface area contributed by atoms with Gasteiger partial charge in [-0.3, -0.25) is 9.67 Å². The molecule has 3 aromatic heterocycles. The van der Waals surface area contributed by atoms with Crippen molar-refractivity contribution in [3.8, 4) is 23.0 Å². The highest BCUT2D eigenvalue weighted by Crippen LogP contribution is 2.32. The lowest BCUT2D eigenvalue weighted by molar-refractivity contribution is 0.173. The summed E-state index contributed by atoms with van der Waals surface area (Å²) in [4.78, 5) is 13.5. The maximum atomic E-state index is 15.1. The van der Waals surface area contributed by atoms with Gasteiger partial charge in [-0.05, 0) is 31.5 Å². The number of rotatable bonds is 10. The van der Waals surface area contributed by atoms with Crippen LogP contribution in [0.2, 0.25) is 0 Å². The van der Waals surface area contributed by atoms with Gasteiger partial charge in [0.25, 0.3) is 0 Å². The summed E-state index contributed by atoms with van der Waals surface area (Å²) in [5.74, 6) is -0.431. The number of nitrogens with one attached hydrogen (secondary N) is 1. The third-order valence-electron chi connectivity index (χ3n) is 6.61. The Bertz CT molecular complexity index is 1680. The minimum atomic E-state index is -0.756. The van der Waals surface area contributed by atoms with E-state index in [2.05, 4.69) is 20.4 Å². The van der Waals surface area contributed by atoms with Gasteiger partial charge in [0.1, 0.15) is 23.1 Å². The molecule has 0 amide bonds. The molecule has 3 heterocycles. The summed E-state index contributed by atoms with van der Waals surface area (Å²) in [5.41, 5.74) is 3.54. The van der Waals surface area contributed by atoms with Crippen molar-refractivity contribution in [1.82, 2.24) is 24.7 Å². The molecule has 212 valence electrons. The van der Waals surface area contributed by atoms with Crippen molar-refractivity contribution >= 4 is 22.4 Å². The maximum absolute atomic E-state index is 15.1. The van der Waals surface area contributed by atoms with Gasteiger partial charge in [0.05, 0.1) is 32.0 Å². The average molecular weight is 561 g/mol. The van der Waals surface area contributed by atoms with Crippen LogP contribution in [-0.4, -0.2) is 50.2 Å². The van der Waals surface area contributed by atoms with Gasteiger partial charge >= 0.3 is 0 Å². The predicted octanol–water partition coefficient (Wildman–Crippen LogP) is 5.59. The second kappa shape index (κ2) is 11.8. The van der Waals surface area contributed by atoms with E-state index in [1.165, 1.54) is 11.8 Å². The minimum Gasteiger partial charge on any atom is -0.493 e. The Morgan fingerprint density at radius 3 is 2.54 bits per heavy atom. The number of aliphatic hydroxyl groups excluding tert-OH is 1. The zero-order chi connectivity index (χ0) is 29.1. The molecule has 5 rings (SSSR count). The second-order valence-corrected chi connectivity index (χ2v) is 9.86. The van der Waals surface area contributed by atoms with Gasteiger partial charge in [-0.2, -0.15) is 5.10 Å². The van der Waals surface area contributed by atoms with Crippen molar-refractivity contribution in [1.29, 1.82) is 0 Å². The minimum absolute atomic E-state index is 0.0568. The molecule has 0 bridgehead atoms. The molecule has 41 heavy (non-hydrogen) atoms. The van der Waals surface area contributed by atoms with Crippen LogP contribution in [0, 0.1) is 31.4 Å². The van der Waals surface area contributed by atoms with Crippen LogP contribution in [0.1, 0.15) is 23.7 Å². The Hall–Kier alpha value is -4.64. The normalized spacial score (nSPS) is 12.0. The van der Waals surface area contributed by atoms with Gasteiger partial charge in [0, 0.05) is 53.2 Å². The Balaban J connectivity index is 1.51. The molecule has 0 saturated heterocycles. The van der Waals surface area contributed by atoms with Crippen LogP contribution >= 0.6 is 0 Å². The van der Waals surface area contributed by atoms with E-state index in [1.54, 1.807) is 19.3 Å². The number of aromatic nitrogens is 5. The molecular weight excluding hydrogens is 530 g/mol. The number of benzene rings is 2. The van der Waals surface area contributed by atoms with Crippen molar-refractivity contribution < 1.29 is 23.4 Å². The highest BCUT2D eigenvalue weighted by molar-refractivity contribution is 5.92. The van der Waals surface area contributed by atoms with E-state index in [-0.39, 0.29) is 37.0 Å². The molecule has 0 saturated carbocycles. The fraction of sp³-hybridized carbons (Fsp3) is 0.267. The smallest absolute Gasteiger partial charge is 0.183 e. The first kappa shape index (κ1) is 27.9. The third kappa shape index (κ3) is 5.94. The third-order valence-corrected chi connectivity index (χ3v) is 6.61. The van der Waals surface area contributed by atoms with Gasteiger partial charge in [-0.15, -0.1) is 0 Å². The molecule has 1 atom stereocenters. The molecule has 0 unspecified atom stereocenters.